The Morgan fingerprint density at radius 3 is 1.19 bits per heavy atom. The number of hydrogen-bond donors (Lipinski definition) is 4. The van der Waals surface area contributed by atoms with E-state index in [1.165, 1.54) is 24.3 Å². The fourth-order valence-electron chi connectivity index (χ4n) is 2.44. The number of phenolic OH excluding ortho intramolecular Hbond substituents is 4. The van der Waals surface area contributed by atoms with Crippen LogP contribution in [-0.4, -0.2) is 20.4 Å². The smallest absolute Gasteiger partial charge is 0.157 e. The summed E-state index contributed by atoms with van der Waals surface area (Å²) in [6.45, 7) is 0. The first-order chi connectivity index (χ1) is 12.5. The van der Waals surface area contributed by atoms with Crippen molar-refractivity contribution in [3.63, 3.8) is 0 Å². The normalized spacial score (nSPS) is 11.4. The van der Waals surface area contributed by atoms with E-state index in [-0.39, 0.29) is 23.0 Å². The Morgan fingerprint density at radius 2 is 0.808 bits per heavy atom. The molecule has 0 saturated carbocycles. The second kappa shape index (κ2) is 7.49. The van der Waals surface area contributed by atoms with Gasteiger partial charge in [-0.25, -0.2) is 0 Å². The minimum Gasteiger partial charge on any atom is -0.504 e. The molecule has 4 nitrogen and oxygen atoms in total. The predicted octanol–water partition coefficient (Wildman–Crippen LogP) is 4.85. The van der Waals surface area contributed by atoms with Crippen molar-refractivity contribution in [1.82, 2.24) is 0 Å². The van der Waals surface area contributed by atoms with Gasteiger partial charge in [0, 0.05) is 0 Å². The van der Waals surface area contributed by atoms with Crippen molar-refractivity contribution in [2.24, 2.45) is 0 Å². The quantitative estimate of drug-likeness (QED) is 0.402. The molecule has 0 unspecified atom stereocenters. The van der Waals surface area contributed by atoms with E-state index < -0.39 is 0 Å². The minimum atomic E-state index is -0.152. The van der Waals surface area contributed by atoms with Crippen LogP contribution in [0.1, 0.15) is 22.3 Å². The molecular weight excluding hydrogens is 328 g/mol. The highest BCUT2D eigenvalue weighted by Crippen LogP contribution is 2.27. The molecule has 0 saturated heterocycles. The van der Waals surface area contributed by atoms with Gasteiger partial charge in [0.25, 0.3) is 0 Å². The average Bonchev–Trinajstić information content (AvgIpc) is 2.64. The molecule has 0 aliphatic rings. The maximum atomic E-state index is 9.53. The van der Waals surface area contributed by atoms with Crippen molar-refractivity contribution in [2.75, 3.05) is 0 Å². The first-order valence-electron chi connectivity index (χ1n) is 8.01. The van der Waals surface area contributed by atoms with Gasteiger partial charge in [0.15, 0.2) is 23.0 Å². The van der Waals surface area contributed by atoms with E-state index in [1.807, 2.05) is 48.6 Å². The van der Waals surface area contributed by atoms with Crippen LogP contribution in [0.2, 0.25) is 0 Å². The molecular formula is C22H18O4. The summed E-state index contributed by atoms with van der Waals surface area (Å²) in [4.78, 5) is 0. The second-order valence-corrected chi connectivity index (χ2v) is 5.83. The van der Waals surface area contributed by atoms with E-state index >= 15 is 0 Å². The zero-order valence-corrected chi connectivity index (χ0v) is 13.9. The Bertz CT molecular complexity index is 910. The van der Waals surface area contributed by atoms with Crippen molar-refractivity contribution < 1.29 is 20.4 Å². The third kappa shape index (κ3) is 4.24. The first-order valence-corrected chi connectivity index (χ1v) is 8.01. The third-order valence-electron chi connectivity index (χ3n) is 3.85. The molecule has 26 heavy (non-hydrogen) atoms. The van der Waals surface area contributed by atoms with Crippen LogP contribution in [0.15, 0.2) is 60.7 Å². The predicted molar refractivity (Wildman–Crippen MR) is 104 cm³/mol. The van der Waals surface area contributed by atoms with Crippen LogP contribution in [0.5, 0.6) is 23.0 Å². The highest BCUT2D eigenvalue weighted by Gasteiger charge is 1.99. The largest absolute Gasteiger partial charge is 0.504 e. The molecule has 0 heterocycles. The van der Waals surface area contributed by atoms with Crippen molar-refractivity contribution in [3.05, 3.63) is 82.9 Å². The molecule has 0 radical (unpaired) electrons. The minimum absolute atomic E-state index is 0.144. The SMILES string of the molecule is Oc1ccc(/C=C/c2cccc(/C=C/c3ccc(O)c(O)c3)c2)cc1O. The van der Waals surface area contributed by atoms with Crippen LogP contribution in [0.25, 0.3) is 24.3 Å². The monoisotopic (exact) mass is 346 g/mol. The number of rotatable bonds is 4. The molecule has 0 aliphatic carbocycles. The highest BCUT2D eigenvalue weighted by molar-refractivity contribution is 5.75. The van der Waals surface area contributed by atoms with Crippen LogP contribution < -0.4 is 0 Å². The average molecular weight is 346 g/mol. The van der Waals surface area contributed by atoms with Crippen LogP contribution in [0.4, 0.5) is 0 Å². The number of phenols is 4. The molecule has 3 aromatic rings. The van der Waals surface area contributed by atoms with Crippen molar-refractivity contribution in [3.8, 4) is 23.0 Å². The number of aromatic hydroxyl groups is 4. The summed E-state index contributed by atoms with van der Waals surface area (Å²) in [7, 11) is 0. The fourth-order valence-corrected chi connectivity index (χ4v) is 2.44. The lowest BCUT2D eigenvalue weighted by Crippen LogP contribution is -1.78. The van der Waals surface area contributed by atoms with Crippen LogP contribution in [0.3, 0.4) is 0 Å². The first kappa shape index (κ1) is 17.2. The lowest BCUT2D eigenvalue weighted by molar-refractivity contribution is 0.403. The van der Waals surface area contributed by atoms with Gasteiger partial charge in [-0.1, -0.05) is 54.6 Å². The van der Waals surface area contributed by atoms with Gasteiger partial charge in [-0.2, -0.15) is 0 Å². The number of hydrogen-bond acceptors (Lipinski definition) is 4. The maximum absolute atomic E-state index is 9.53. The van der Waals surface area contributed by atoms with Crippen molar-refractivity contribution >= 4 is 24.3 Å². The van der Waals surface area contributed by atoms with Gasteiger partial charge in [-0.15, -0.1) is 0 Å². The summed E-state index contributed by atoms with van der Waals surface area (Å²) in [6.07, 6.45) is 7.52. The standard InChI is InChI=1S/C22H18O4/c23-19-10-8-17(13-21(19)25)6-4-15-2-1-3-16(12-15)5-7-18-9-11-20(24)22(26)14-18/h1-14,23-26H/b6-4+,7-5+. The Labute approximate surface area is 151 Å². The van der Waals surface area contributed by atoms with E-state index in [0.29, 0.717) is 0 Å². The molecule has 0 aromatic heterocycles. The topological polar surface area (TPSA) is 80.9 Å². The molecule has 0 fully saturated rings. The highest BCUT2D eigenvalue weighted by atomic mass is 16.3. The van der Waals surface area contributed by atoms with Crippen LogP contribution in [0, 0.1) is 0 Å². The van der Waals surface area contributed by atoms with Gasteiger partial charge < -0.3 is 20.4 Å². The van der Waals surface area contributed by atoms with Gasteiger partial charge in [0.1, 0.15) is 0 Å². The van der Waals surface area contributed by atoms with E-state index in [9.17, 15) is 20.4 Å². The summed E-state index contributed by atoms with van der Waals surface area (Å²) in [6, 6.07) is 17.2. The Morgan fingerprint density at radius 1 is 0.423 bits per heavy atom. The van der Waals surface area contributed by atoms with Crippen LogP contribution >= 0.6 is 0 Å². The Balaban J connectivity index is 1.77. The fraction of sp³-hybridized carbons (Fsp3) is 0. The summed E-state index contributed by atoms with van der Waals surface area (Å²) < 4.78 is 0. The lowest BCUT2D eigenvalue weighted by atomic mass is 10.1. The van der Waals surface area contributed by atoms with E-state index in [2.05, 4.69) is 0 Å². The molecule has 4 heteroatoms. The summed E-state index contributed by atoms with van der Waals surface area (Å²) in [5.74, 6) is -0.592. The Hall–Kier alpha value is -3.66. The summed E-state index contributed by atoms with van der Waals surface area (Å²) >= 11 is 0. The van der Waals surface area contributed by atoms with E-state index in [4.69, 9.17) is 0 Å². The van der Waals surface area contributed by atoms with E-state index in [1.54, 1.807) is 12.1 Å². The molecule has 130 valence electrons. The molecule has 3 rings (SSSR count). The summed E-state index contributed by atoms with van der Waals surface area (Å²) in [5, 5.41) is 37.7. The molecule has 0 bridgehead atoms. The molecule has 0 amide bonds. The zero-order valence-electron chi connectivity index (χ0n) is 13.9. The Kier molecular flexibility index (Phi) is 4.94. The van der Waals surface area contributed by atoms with Gasteiger partial charge in [-0.3, -0.25) is 0 Å². The third-order valence-corrected chi connectivity index (χ3v) is 3.85. The van der Waals surface area contributed by atoms with Crippen molar-refractivity contribution in [2.45, 2.75) is 0 Å². The van der Waals surface area contributed by atoms with Gasteiger partial charge in [0.2, 0.25) is 0 Å². The van der Waals surface area contributed by atoms with Crippen molar-refractivity contribution in [1.29, 1.82) is 0 Å². The van der Waals surface area contributed by atoms with Gasteiger partial charge in [-0.05, 0) is 52.6 Å². The van der Waals surface area contributed by atoms with Gasteiger partial charge >= 0.3 is 0 Å². The lowest BCUT2D eigenvalue weighted by Gasteiger charge is -2.01. The summed E-state index contributed by atoms with van der Waals surface area (Å²) in [5.41, 5.74) is 3.52. The molecule has 0 spiro atoms. The van der Waals surface area contributed by atoms with Gasteiger partial charge in [0.05, 0.1) is 0 Å². The van der Waals surface area contributed by atoms with E-state index in [0.717, 1.165) is 22.3 Å². The zero-order chi connectivity index (χ0) is 18.5. The molecule has 4 N–H and O–H groups in total. The molecule has 3 aromatic carbocycles. The van der Waals surface area contributed by atoms with Crippen LogP contribution in [-0.2, 0) is 0 Å². The second-order valence-electron chi connectivity index (χ2n) is 5.83. The maximum Gasteiger partial charge on any atom is 0.157 e. The molecule has 0 atom stereocenters. The molecule has 0 aliphatic heterocycles. The number of benzene rings is 3.